The van der Waals surface area contributed by atoms with Gasteiger partial charge >= 0.3 is 0 Å². The minimum absolute atomic E-state index is 0.0145. The van der Waals surface area contributed by atoms with Crippen LogP contribution in [0.2, 0.25) is 0 Å². The zero-order valence-electron chi connectivity index (χ0n) is 9.71. The van der Waals surface area contributed by atoms with Gasteiger partial charge in [-0.15, -0.1) is 0 Å². The molecule has 15 heavy (non-hydrogen) atoms. The van der Waals surface area contributed by atoms with E-state index < -0.39 is 0 Å². The van der Waals surface area contributed by atoms with E-state index in [1.54, 1.807) is 7.11 Å². The van der Waals surface area contributed by atoms with Crippen molar-refractivity contribution < 1.29 is 9.53 Å². The summed E-state index contributed by atoms with van der Waals surface area (Å²) >= 11 is 0. The predicted octanol–water partition coefficient (Wildman–Crippen LogP) is 1.89. The van der Waals surface area contributed by atoms with Crippen LogP contribution in [-0.2, 0) is 9.53 Å². The van der Waals surface area contributed by atoms with Crippen LogP contribution in [0.4, 0.5) is 0 Å². The molecule has 0 saturated heterocycles. The van der Waals surface area contributed by atoms with Crippen LogP contribution in [-0.4, -0.2) is 25.5 Å². The first-order valence-electron chi connectivity index (χ1n) is 6.01. The Morgan fingerprint density at radius 3 is 2.67 bits per heavy atom. The van der Waals surface area contributed by atoms with Gasteiger partial charge in [-0.3, -0.25) is 4.79 Å². The lowest BCUT2D eigenvalue weighted by Crippen LogP contribution is -2.29. The second-order valence-corrected chi connectivity index (χ2v) is 4.55. The molecule has 1 saturated carbocycles. The Kier molecular flexibility index (Phi) is 5.88. The number of rotatable bonds is 6. The summed E-state index contributed by atoms with van der Waals surface area (Å²) in [6.07, 6.45) is 7.20. The second kappa shape index (κ2) is 6.96. The minimum Gasteiger partial charge on any atom is -0.385 e. The van der Waals surface area contributed by atoms with Crippen molar-refractivity contribution in [1.29, 1.82) is 0 Å². The van der Waals surface area contributed by atoms with Crippen LogP contribution in [0.1, 0.15) is 44.9 Å². The Balaban J connectivity index is 2.21. The highest BCUT2D eigenvalue weighted by molar-refractivity contribution is 5.81. The van der Waals surface area contributed by atoms with Gasteiger partial charge in [0.1, 0.15) is 5.78 Å². The number of nitrogens with two attached hydrogens (primary N) is 1. The standard InChI is InChI=1S/C12H23NO2/c1-15-8-7-11(13)9-12(14)10-5-3-2-4-6-10/h10-11H,2-9,13H2,1H3. The van der Waals surface area contributed by atoms with Gasteiger partial charge in [-0.05, 0) is 19.3 Å². The van der Waals surface area contributed by atoms with Gasteiger partial charge < -0.3 is 10.5 Å². The molecule has 0 radical (unpaired) electrons. The van der Waals surface area contributed by atoms with Gasteiger partial charge in [0.15, 0.2) is 0 Å². The Hall–Kier alpha value is -0.410. The zero-order chi connectivity index (χ0) is 11.1. The van der Waals surface area contributed by atoms with Gasteiger partial charge in [0, 0.05) is 32.1 Å². The van der Waals surface area contributed by atoms with E-state index in [9.17, 15) is 4.79 Å². The summed E-state index contributed by atoms with van der Waals surface area (Å²) < 4.78 is 4.95. The van der Waals surface area contributed by atoms with Crippen molar-refractivity contribution >= 4 is 5.78 Å². The molecule has 88 valence electrons. The maximum absolute atomic E-state index is 11.9. The molecule has 0 heterocycles. The Labute approximate surface area is 92.4 Å². The van der Waals surface area contributed by atoms with Gasteiger partial charge in [0.05, 0.1) is 0 Å². The van der Waals surface area contributed by atoms with E-state index in [-0.39, 0.29) is 6.04 Å². The van der Waals surface area contributed by atoms with Gasteiger partial charge in [-0.1, -0.05) is 19.3 Å². The molecular weight excluding hydrogens is 190 g/mol. The first kappa shape index (κ1) is 12.7. The number of hydrogen-bond acceptors (Lipinski definition) is 3. The maximum atomic E-state index is 11.9. The van der Waals surface area contributed by atoms with E-state index in [4.69, 9.17) is 10.5 Å². The van der Waals surface area contributed by atoms with Crippen LogP contribution < -0.4 is 5.73 Å². The van der Waals surface area contributed by atoms with E-state index in [1.807, 2.05) is 0 Å². The molecule has 2 N–H and O–H groups in total. The highest BCUT2D eigenvalue weighted by atomic mass is 16.5. The molecule has 0 aromatic rings. The number of ether oxygens (including phenoxy) is 1. The number of hydrogen-bond donors (Lipinski definition) is 1. The number of carbonyl (C=O) groups is 1. The van der Waals surface area contributed by atoms with Crippen molar-refractivity contribution in [2.24, 2.45) is 11.7 Å². The smallest absolute Gasteiger partial charge is 0.137 e. The Morgan fingerprint density at radius 1 is 1.40 bits per heavy atom. The largest absolute Gasteiger partial charge is 0.385 e. The van der Waals surface area contributed by atoms with E-state index in [2.05, 4.69) is 0 Å². The van der Waals surface area contributed by atoms with E-state index in [0.717, 1.165) is 19.3 Å². The number of ketones is 1. The number of carbonyl (C=O) groups excluding carboxylic acids is 1. The van der Waals surface area contributed by atoms with Crippen molar-refractivity contribution in [2.75, 3.05) is 13.7 Å². The third kappa shape index (κ3) is 4.76. The molecule has 0 aliphatic heterocycles. The summed E-state index contributed by atoms with van der Waals surface area (Å²) in [6, 6.07) is -0.0145. The zero-order valence-corrected chi connectivity index (χ0v) is 9.71. The normalized spacial score (nSPS) is 20.1. The van der Waals surface area contributed by atoms with Crippen molar-refractivity contribution in [3.63, 3.8) is 0 Å². The van der Waals surface area contributed by atoms with Crippen molar-refractivity contribution in [3.05, 3.63) is 0 Å². The Bertz CT molecular complexity index is 188. The maximum Gasteiger partial charge on any atom is 0.137 e. The lowest BCUT2D eigenvalue weighted by atomic mass is 9.84. The molecule has 3 nitrogen and oxygen atoms in total. The summed E-state index contributed by atoms with van der Waals surface area (Å²) in [5.41, 5.74) is 5.87. The fourth-order valence-electron chi connectivity index (χ4n) is 2.22. The third-order valence-corrected chi connectivity index (χ3v) is 3.22. The molecule has 1 fully saturated rings. The predicted molar refractivity (Wildman–Crippen MR) is 60.7 cm³/mol. The van der Waals surface area contributed by atoms with Crippen molar-refractivity contribution in [3.8, 4) is 0 Å². The van der Waals surface area contributed by atoms with E-state index >= 15 is 0 Å². The molecule has 0 aromatic carbocycles. The molecule has 1 unspecified atom stereocenters. The van der Waals surface area contributed by atoms with Crippen LogP contribution >= 0.6 is 0 Å². The third-order valence-electron chi connectivity index (χ3n) is 3.22. The summed E-state index contributed by atoms with van der Waals surface area (Å²) in [4.78, 5) is 11.9. The van der Waals surface area contributed by atoms with Crippen molar-refractivity contribution in [1.82, 2.24) is 0 Å². The molecule has 0 spiro atoms. The summed E-state index contributed by atoms with van der Waals surface area (Å²) in [7, 11) is 1.66. The summed E-state index contributed by atoms with van der Waals surface area (Å²) in [5.74, 6) is 0.672. The lowest BCUT2D eigenvalue weighted by molar-refractivity contribution is -0.124. The second-order valence-electron chi connectivity index (χ2n) is 4.55. The number of Topliss-reactive ketones (excluding diaryl/α,β-unsaturated/α-hetero) is 1. The molecule has 1 atom stereocenters. The minimum atomic E-state index is -0.0145. The van der Waals surface area contributed by atoms with Gasteiger partial charge in [-0.25, -0.2) is 0 Å². The fourth-order valence-corrected chi connectivity index (χ4v) is 2.22. The fraction of sp³-hybridized carbons (Fsp3) is 0.917. The SMILES string of the molecule is COCCC(N)CC(=O)C1CCCCC1. The molecule has 0 aromatic heterocycles. The van der Waals surface area contributed by atoms with Crippen LogP contribution in [0, 0.1) is 5.92 Å². The molecule has 0 bridgehead atoms. The first-order chi connectivity index (χ1) is 7.24. The average molecular weight is 213 g/mol. The van der Waals surface area contributed by atoms with Crippen molar-refractivity contribution in [2.45, 2.75) is 51.0 Å². The van der Waals surface area contributed by atoms with E-state index in [1.165, 1.54) is 19.3 Å². The molecule has 1 aliphatic rings. The molecule has 0 amide bonds. The number of methoxy groups -OCH3 is 1. The molecular formula is C12H23NO2. The molecule has 1 rings (SSSR count). The average Bonchev–Trinajstić information content (AvgIpc) is 2.27. The monoisotopic (exact) mass is 213 g/mol. The van der Waals surface area contributed by atoms with Crippen LogP contribution in [0.15, 0.2) is 0 Å². The first-order valence-corrected chi connectivity index (χ1v) is 6.01. The Morgan fingerprint density at radius 2 is 2.07 bits per heavy atom. The molecule has 3 heteroatoms. The lowest BCUT2D eigenvalue weighted by Gasteiger charge is -2.21. The molecule has 1 aliphatic carbocycles. The summed E-state index contributed by atoms with van der Waals surface area (Å²) in [6.45, 7) is 0.652. The highest BCUT2D eigenvalue weighted by Gasteiger charge is 2.22. The van der Waals surface area contributed by atoms with E-state index in [0.29, 0.717) is 24.7 Å². The topological polar surface area (TPSA) is 52.3 Å². The van der Waals surface area contributed by atoms with Gasteiger partial charge in [-0.2, -0.15) is 0 Å². The summed E-state index contributed by atoms with van der Waals surface area (Å²) in [5, 5.41) is 0. The van der Waals surface area contributed by atoms with Crippen LogP contribution in [0.25, 0.3) is 0 Å². The van der Waals surface area contributed by atoms with Gasteiger partial charge in [0.25, 0.3) is 0 Å². The van der Waals surface area contributed by atoms with Gasteiger partial charge in [0.2, 0.25) is 0 Å². The van der Waals surface area contributed by atoms with Crippen LogP contribution in [0.5, 0.6) is 0 Å². The highest BCUT2D eigenvalue weighted by Crippen LogP contribution is 2.25. The quantitative estimate of drug-likeness (QED) is 0.733. The van der Waals surface area contributed by atoms with Crippen LogP contribution in [0.3, 0.4) is 0 Å².